The molecule has 1 saturated heterocycles. The lowest BCUT2D eigenvalue weighted by Gasteiger charge is -2.43. The van der Waals surface area contributed by atoms with E-state index >= 15 is 0 Å². The Morgan fingerprint density at radius 2 is 2.19 bits per heavy atom. The Kier molecular flexibility index (Phi) is 4.22. The van der Waals surface area contributed by atoms with Gasteiger partial charge in [0.2, 0.25) is 0 Å². The summed E-state index contributed by atoms with van der Waals surface area (Å²) in [6.07, 6.45) is 4.10. The van der Waals surface area contributed by atoms with Gasteiger partial charge in [-0.3, -0.25) is 4.90 Å². The van der Waals surface area contributed by atoms with Crippen molar-refractivity contribution in [3.8, 4) is 0 Å². The number of hydrogen-bond donors (Lipinski definition) is 1. The van der Waals surface area contributed by atoms with Gasteiger partial charge in [-0.05, 0) is 32.1 Å². The normalized spacial score (nSPS) is 33.9. The first-order valence-electron chi connectivity index (χ1n) is 6.74. The van der Waals surface area contributed by atoms with E-state index in [0.29, 0.717) is 12.1 Å². The third-order valence-electron chi connectivity index (χ3n) is 4.13. The standard InChI is InChI=1S/C13H26N2O/c1-4-12-7-14-13(11-5-6-11)8-15(12)10(2)9-16-3/h10-14H,4-9H2,1-3H3. The van der Waals surface area contributed by atoms with Crippen LogP contribution >= 0.6 is 0 Å². The molecule has 3 nitrogen and oxygen atoms in total. The summed E-state index contributed by atoms with van der Waals surface area (Å²) in [5.74, 6) is 0.954. The van der Waals surface area contributed by atoms with Gasteiger partial charge < -0.3 is 10.1 Å². The Morgan fingerprint density at radius 1 is 1.44 bits per heavy atom. The minimum Gasteiger partial charge on any atom is -0.383 e. The van der Waals surface area contributed by atoms with Crippen LogP contribution in [0, 0.1) is 5.92 Å². The van der Waals surface area contributed by atoms with Crippen LogP contribution in [0.1, 0.15) is 33.1 Å². The van der Waals surface area contributed by atoms with Gasteiger partial charge in [0.05, 0.1) is 6.61 Å². The maximum atomic E-state index is 5.30. The highest BCUT2D eigenvalue weighted by molar-refractivity contribution is 4.95. The number of nitrogens with zero attached hydrogens (tertiary/aromatic N) is 1. The third-order valence-corrected chi connectivity index (χ3v) is 4.13. The first-order chi connectivity index (χ1) is 7.76. The van der Waals surface area contributed by atoms with E-state index in [4.69, 9.17) is 4.74 Å². The summed E-state index contributed by atoms with van der Waals surface area (Å²) in [5.41, 5.74) is 0. The van der Waals surface area contributed by atoms with Crippen molar-refractivity contribution in [1.29, 1.82) is 0 Å². The average molecular weight is 226 g/mol. The largest absolute Gasteiger partial charge is 0.383 e. The van der Waals surface area contributed by atoms with Crippen LogP contribution in [-0.4, -0.2) is 49.8 Å². The molecule has 2 aliphatic rings. The van der Waals surface area contributed by atoms with E-state index in [-0.39, 0.29) is 0 Å². The lowest BCUT2D eigenvalue weighted by Crippen LogP contribution is -2.60. The van der Waals surface area contributed by atoms with E-state index in [0.717, 1.165) is 25.1 Å². The Morgan fingerprint density at radius 3 is 2.75 bits per heavy atom. The van der Waals surface area contributed by atoms with Crippen molar-refractivity contribution in [2.75, 3.05) is 26.8 Å². The van der Waals surface area contributed by atoms with Crippen LogP contribution in [0.15, 0.2) is 0 Å². The Balaban J connectivity index is 1.92. The lowest BCUT2D eigenvalue weighted by atomic mass is 10.0. The zero-order valence-electron chi connectivity index (χ0n) is 10.9. The highest BCUT2D eigenvalue weighted by Gasteiger charge is 2.37. The molecule has 0 spiro atoms. The molecule has 3 atom stereocenters. The van der Waals surface area contributed by atoms with Crippen molar-refractivity contribution in [1.82, 2.24) is 10.2 Å². The van der Waals surface area contributed by atoms with Gasteiger partial charge in [0, 0.05) is 38.3 Å². The average Bonchev–Trinajstić information content (AvgIpc) is 3.12. The molecule has 1 aliphatic heterocycles. The fourth-order valence-corrected chi connectivity index (χ4v) is 2.92. The number of rotatable bonds is 5. The Bertz CT molecular complexity index is 218. The molecule has 1 heterocycles. The molecule has 0 aromatic heterocycles. The molecule has 1 saturated carbocycles. The fraction of sp³-hybridized carbons (Fsp3) is 1.00. The van der Waals surface area contributed by atoms with Gasteiger partial charge >= 0.3 is 0 Å². The number of piperazine rings is 1. The maximum absolute atomic E-state index is 5.30. The fourth-order valence-electron chi connectivity index (χ4n) is 2.92. The van der Waals surface area contributed by atoms with E-state index in [1.54, 1.807) is 7.11 Å². The smallest absolute Gasteiger partial charge is 0.0615 e. The first kappa shape index (κ1) is 12.3. The van der Waals surface area contributed by atoms with E-state index in [9.17, 15) is 0 Å². The Labute approximate surface area is 99.5 Å². The van der Waals surface area contributed by atoms with Crippen molar-refractivity contribution in [3.63, 3.8) is 0 Å². The Hall–Kier alpha value is -0.120. The van der Waals surface area contributed by atoms with Crippen LogP contribution in [0.25, 0.3) is 0 Å². The van der Waals surface area contributed by atoms with Gasteiger partial charge in [-0.2, -0.15) is 0 Å². The van der Waals surface area contributed by atoms with Crippen LogP contribution in [0.4, 0.5) is 0 Å². The molecule has 0 amide bonds. The molecule has 16 heavy (non-hydrogen) atoms. The van der Waals surface area contributed by atoms with Gasteiger partial charge in [0.25, 0.3) is 0 Å². The summed E-state index contributed by atoms with van der Waals surface area (Å²) < 4.78 is 5.30. The van der Waals surface area contributed by atoms with Gasteiger partial charge in [-0.1, -0.05) is 6.92 Å². The highest BCUT2D eigenvalue weighted by Crippen LogP contribution is 2.34. The lowest BCUT2D eigenvalue weighted by molar-refractivity contribution is 0.0366. The van der Waals surface area contributed by atoms with Crippen molar-refractivity contribution in [2.24, 2.45) is 5.92 Å². The zero-order valence-corrected chi connectivity index (χ0v) is 10.9. The summed E-state index contributed by atoms with van der Waals surface area (Å²) in [5, 5.41) is 3.73. The van der Waals surface area contributed by atoms with Crippen molar-refractivity contribution >= 4 is 0 Å². The van der Waals surface area contributed by atoms with E-state index in [1.807, 2.05) is 0 Å². The monoisotopic (exact) mass is 226 g/mol. The van der Waals surface area contributed by atoms with E-state index < -0.39 is 0 Å². The van der Waals surface area contributed by atoms with E-state index in [1.165, 1.54) is 25.8 Å². The number of methoxy groups -OCH3 is 1. The molecule has 3 unspecified atom stereocenters. The second-order valence-corrected chi connectivity index (χ2v) is 5.42. The van der Waals surface area contributed by atoms with Crippen molar-refractivity contribution < 1.29 is 4.74 Å². The van der Waals surface area contributed by atoms with Gasteiger partial charge in [0.1, 0.15) is 0 Å². The summed E-state index contributed by atoms with van der Waals surface area (Å²) in [7, 11) is 1.80. The van der Waals surface area contributed by atoms with E-state index in [2.05, 4.69) is 24.1 Å². The quantitative estimate of drug-likeness (QED) is 0.768. The molecule has 3 heteroatoms. The SMILES string of the molecule is CCC1CNC(C2CC2)CN1C(C)COC. The van der Waals surface area contributed by atoms with Crippen LogP contribution in [0.5, 0.6) is 0 Å². The minimum atomic E-state index is 0.554. The second-order valence-electron chi connectivity index (χ2n) is 5.42. The van der Waals surface area contributed by atoms with Crippen LogP contribution in [0.2, 0.25) is 0 Å². The van der Waals surface area contributed by atoms with Gasteiger partial charge in [0.15, 0.2) is 0 Å². The van der Waals surface area contributed by atoms with Crippen LogP contribution in [0.3, 0.4) is 0 Å². The first-order valence-corrected chi connectivity index (χ1v) is 6.74. The molecule has 1 aliphatic carbocycles. The van der Waals surface area contributed by atoms with Crippen LogP contribution < -0.4 is 5.32 Å². The predicted molar refractivity (Wildman–Crippen MR) is 66.6 cm³/mol. The summed E-state index contributed by atoms with van der Waals surface area (Å²) in [4.78, 5) is 2.66. The van der Waals surface area contributed by atoms with Gasteiger partial charge in [-0.15, -0.1) is 0 Å². The summed E-state index contributed by atoms with van der Waals surface area (Å²) >= 11 is 0. The second kappa shape index (κ2) is 5.48. The molecule has 0 radical (unpaired) electrons. The van der Waals surface area contributed by atoms with Crippen molar-refractivity contribution in [2.45, 2.75) is 51.2 Å². The number of nitrogens with one attached hydrogen (secondary N) is 1. The third kappa shape index (κ3) is 2.76. The summed E-state index contributed by atoms with van der Waals surface area (Å²) in [6, 6.07) is 1.99. The molecule has 2 fully saturated rings. The topological polar surface area (TPSA) is 24.5 Å². The molecular weight excluding hydrogens is 200 g/mol. The predicted octanol–water partition coefficient (Wildman–Crippen LogP) is 1.48. The molecule has 0 aromatic carbocycles. The number of ether oxygens (including phenoxy) is 1. The zero-order chi connectivity index (χ0) is 11.5. The highest BCUT2D eigenvalue weighted by atomic mass is 16.5. The summed E-state index contributed by atoms with van der Waals surface area (Å²) in [6.45, 7) is 7.81. The molecule has 1 N–H and O–H groups in total. The van der Waals surface area contributed by atoms with Crippen LogP contribution in [-0.2, 0) is 4.74 Å². The number of hydrogen-bond acceptors (Lipinski definition) is 3. The molecular formula is C13H26N2O. The molecule has 0 aromatic rings. The van der Waals surface area contributed by atoms with Crippen molar-refractivity contribution in [3.05, 3.63) is 0 Å². The maximum Gasteiger partial charge on any atom is 0.0615 e. The molecule has 0 bridgehead atoms. The molecule has 2 rings (SSSR count). The van der Waals surface area contributed by atoms with Gasteiger partial charge in [-0.25, -0.2) is 0 Å². The molecule has 94 valence electrons. The minimum absolute atomic E-state index is 0.554.